The van der Waals surface area contributed by atoms with Gasteiger partial charge < -0.3 is 4.90 Å². The number of aromatic nitrogens is 1. The van der Waals surface area contributed by atoms with Gasteiger partial charge in [0.2, 0.25) is 0 Å². The molecule has 14 heavy (non-hydrogen) atoms. The molecule has 0 radical (unpaired) electrons. The minimum atomic E-state index is 0.295. The van der Waals surface area contributed by atoms with Crippen LogP contribution in [0.15, 0.2) is 24.5 Å². The van der Waals surface area contributed by atoms with Gasteiger partial charge in [-0.05, 0) is 32.1 Å². The molecule has 1 aromatic rings. The fraction of sp³-hybridized carbons (Fsp3) is 0.455. The lowest BCUT2D eigenvalue weighted by molar-refractivity contribution is 0.285. The van der Waals surface area contributed by atoms with Crippen LogP contribution in [-0.4, -0.2) is 24.0 Å². The topological polar surface area (TPSA) is 39.9 Å². The fourth-order valence-corrected chi connectivity index (χ4v) is 1.50. The predicted octanol–water partition coefficient (Wildman–Crippen LogP) is 1.99. The maximum absolute atomic E-state index is 8.56. The van der Waals surface area contributed by atoms with Crippen molar-refractivity contribution in [3.8, 4) is 6.07 Å². The number of rotatable bonds is 4. The number of pyridine rings is 1. The van der Waals surface area contributed by atoms with Crippen molar-refractivity contribution in [1.82, 2.24) is 9.88 Å². The summed E-state index contributed by atoms with van der Waals surface area (Å²) in [7, 11) is 4.05. The van der Waals surface area contributed by atoms with Crippen LogP contribution in [0, 0.1) is 11.3 Å². The van der Waals surface area contributed by atoms with Crippen LogP contribution in [0.25, 0.3) is 0 Å². The smallest absolute Gasteiger partial charge is 0.0622 e. The lowest BCUT2D eigenvalue weighted by Crippen LogP contribution is -2.19. The van der Waals surface area contributed by atoms with Crippen LogP contribution in [0.2, 0.25) is 0 Å². The van der Waals surface area contributed by atoms with E-state index in [1.165, 1.54) is 5.56 Å². The molecule has 1 atom stereocenters. The SMILES string of the molecule is CN(C)C(CCC#N)c1cccnc1. The highest BCUT2D eigenvalue weighted by molar-refractivity contribution is 5.13. The van der Waals surface area contributed by atoms with Crippen molar-refractivity contribution in [2.45, 2.75) is 18.9 Å². The molecule has 3 heteroatoms. The molecule has 0 N–H and O–H groups in total. The van der Waals surface area contributed by atoms with Crippen LogP contribution < -0.4 is 0 Å². The van der Waals surface area contributed by atoms with E-state index < -0.39 is 0 Å². The molecule has 0 aliphatic rings. The molecule has 1 heterocycles. The Balaban J connectivity index is 2.74. The van der Waals surface area contributed by atoms with Crippen LogP contribution in [0.4, 0.5) is 0 Å². The van der Waals surface area contributed by atoms with Gasteiger partial charge in [0.1, 0.15) is 0 Å². The van der Waals surface area contributed by atoms with E-state index in [4.69, 9.17) is 5.26 Å². The van der Waals surface area contributed by atoms with Gasteiger partial charge in [0, 0.05) is 24.9 Å². The van der Waals surface area contributed by atoms with E-state index >= 15 is 0 Å². The molecular formula is C11H15N3. The fourth-order valence-electron chi connectivity index (χ4n) is 1.50. The first-order valence-electron chi connectivity index (χ1n) is 4.69. The van der Waals surface area contributed by atoms with Gasteiger partial charge >= 0.3 is 0 Å². The van der Waals surface area contributed by atoms with Crippen LogP contribution >= 0.6 is 0 Å². The molecule has 3 nitrogen and oxygen atoms in total. The van der Waals surface area contributed by atoms with Crippen LogP contribution in [0.5, 0.6) is 0 Å². The van der Waals surface area contributed by atoms with E-state index in [1.54, 1.807) is 6.20 Å². The van der Waals surface area contributed by atoms with Gasteiger partial charge in [0.25, 0.3) is 0 Å². The van der Waals surface area contributed by atoms with Crippen LogP contribution in [0.1, 0.15) is 24.4 Å². The molecule has 0 spiro atoms. The maximum atomic E-state index is 8.56. The molecule has 1 rings (SSSR count). The van der Waals surface area contributed by atoms with Crippen molar-refractivity contribution in [2.24, 2.45) is 0 Å². The van der Waals surface area contributed by atoms with E-state index in [0.717, 1.165) is 6.42 Å². The summed E-state index contributed by atoms with van der Waals surface area (Å²) in [6.07, 6.45) is 5.06. The average molecular weight is 189 g/mol. The first-order chi connectivity index (χ1) is 6.75. The van der Waals surface area contributed by atoms with E-state index in [1.807, 2.05) is 26.4 Å². The minimum absolute atomic E-state index is 0.295. The highest BCUT2D eigenvalue weighted by atomic mass is 15.1. The van der Waals surface area contributed by atoms with Gasteiger partial charge in [-0.2, -0.15) is 5.26 Å². The van der Waals surface area contributed by atoms with Gasteiger partial charge in [0.05, 0.1) is 6.07 Å². The van der Waals surface area contributed by atoms with Crippen molar-refractivity contribution >= 4 is 0 Å². The number of nitriles is 1. The minimum Gasteiger partial charge on any atom is -0.302 e. The molecule has 0 amide bonds. The quantitative estimate of drug-likeness (QED) is 0.727. The molecule has 0 aliphatic carbocycles. The Morgan fingerprint density at radius 3 is 2.86 bits per heavy atom. The second-order valence-corrected chi connectivity index (χ2v) is 3.46. The highest BCUT2D eigenvalue weighted by Crippen LogP contribution is 2.21. The van der Waals surface area contributed by atoms with Gasteiger partial charge in [-0.1, -0.05) is 6.07 Å². The Labute approximate surface area is 85.0 Å². The Hall–Kier alpha value is -1.40. The Bertz CT molecular complexity index is 300. The Morgan fingerprint density at radius 1 is 1.57 bits per heavy atom. The van der Waals surface area contributed by atoms with Gasteiger partial charge in [-0.3, -0.25) is 4.98 Å². The molecular weight excluding hydrogens is 174 g/mol. The summed E-state index contributed by atoms with van der Waals surface area (Å²) in [5, 5.41) is 8.56. The van der Waals surface area contributed by atoms with Crippen molar-refractivity contribution in [3.63, 3.8) is 0 Å². The highest BCUT2D eigenvalue weighted by Gasteiger charge is 2.12. The molecule has 0 fully saturated rings. The maximum Gasteiger partial charge on any atom is 0.0622 e. The molecule has 1 unspecified atom stereocenters. The number of hydrogen-bond donors (Lipinski definition) is 0. The first-order valence-corrected chi connectivity index (χ1v) is 4.69. The van der Waals surface area contributed by atoms with Gasteiger partial charge in [0.15, 0.2) is 0 Å². The molecule has 0 saturated heterocycles. The zero-order valence-electron chi connectivity index (χ0n) is 8.64. The third-order valence-electron chi connectivity index (χ3n) is 2.22. The predicted molar refractivity (Wildman–Crippen MR) is 55.5 cm³/mol. The lowest BCUT2D eigenvalue weighted by Gasteiger charge is -2.23. The van der Waals surface area contributed by atoms with E-state index in [2.05, 4.69) is 22.0 Å². The number of hydrogen-bond acceptors (Lipinski definition) is 3. The summed E-state index contributed by atoms with van der Waals surface area (Å²) >= 11 is 0. The summed E-state index contributed by atoms with van der Waals surface area (Å²) in [4.78, 5) is 6.21. The van der Waals surface area contributed by atoms with Crippen LogP contribution in [-0.2, 0) is 0 Å². The molecule has 0 bridgehead atoms. The molecule has 0 aromatic carbocycles. The van der Waals surface area contributed by atoms with Crippen molar-refractivity contribution in [3.05, 3.63) is 30.1 Å². The van der Waals surface area contributed by atoms with E-state index in [9.17, 15) is 0 Å². The summed E-state index contributed by atoms with van der Waals surface area (Å²) in [5.74, 6) is 0. The second kappa shape index (κ2) is 5.36. The monoisotopic (exact) mass is 189 g/mol. The van der Waals surface area contributed by atoms with E-state index in [-0.39, 0.29) is 0 Å². The summed E-state index contributed by atoms with van der Waals surface area (Å²) in [6.45, 7) is 0. The Morgan fingerprint density at radius 2 is 2.36 bits per heavy atom. The third-order valence-corrected chi connectivity index (χ3v) is 2.22. The molecule has 1 aromatic heterocycles. The molecule has 74 valence electrons. The summed E-state index contributed by atoms with van der Waals surface area (Å²) in [6, 6.07) is 6.45. The van der Waals surface area contributed by atoms with E-state index in [0.29, 0.717) is 12.5 Å². The second-order valence-electron chi connectivity index (χ2n) is 3.46. The average Bonchev–Trinajstić information content (AvgIpc) is 2.19. The zero-order valence-corrected chi connectivity index (χ0v) is 8.64. The van der Waals surface area contributed by atoms with Gasteiger partial charge in [-0.25, -0.2) is 0 Å². The van der Waals surface area contributed by atoms with Crippen molar-refractivity contribution in [2.75, 3.05) is 14.1 Å². The largest absolute Gasteiger partial charge is 0.302 e. The first kappa shape index (κ1) is 10.7. The standard InChI is InChI=1S/C11H15N3/c1-14(2)11(6-3-7-12)10-5-4-8-13-9-10/h4-5,8-9,11H,3,6H2,1-2H3. The zero-order chi connectivity index (χ0) is 10.4. The van der Waals surface area contributed by atoms with Crippen LogP contribution in [0.3, 0.4) is 0 Å². The molecule has 0 aliphatic heterocycles. The molecule has 0 saturated carbocycles. The van der Waals surface area contributed by atoms with Gasteiger partial charge in [-0.15, -0.1) is 0 Å². The summed E-state index contributed by atoms with van der Waals surface area (Å²) < 4.78 is 0. The normalized spacial score (nSPS) is 12.4. The lowest BCUT2D eigenvalue weighted by atomic mass is 10.0. The summed E-state index contributed by atoms with van der Waals surface area (Å²) in [5.41, 5.74) is 1.17. The third kappa shape index (κ3) is 2.82. The number of nitrogens with zero attached hydrogens (tertiary/aromatic N) is 3. The van der Waals surface area contributed by atoms with Crippen molar-refractivity contribution in [1.29, 1.82) is 5.26 Å². The van der Waals surface area contributed by atoms with Crippen molar-refractivity contribution < 1.29 is 0 Å². The Kier molecular flexibility index (Phi) is 4.09.